The van der Waals surface area contributed by atoms with Crippen molar-refractivity contribution in [2.75, 3.05) is 20.8 Å². The first-order valence-electron chi connectivity index (χ1n) is 6.22. The molecule has 1 fully saturated rings. The van der Waals surface area contributed by atoms with Gasteiger partial charge in [0.15, 0.2) is 5.75 Å². The summed E-state index contributed by atoms with van der Waals surface area (Å²) in [7, 11) is 2.61. The van der Waals surface area contributed by atoms with Crippen LogP contribution in [0.4, 0.5) is 4.79 Å². The highest BCUT2D eigenvalue weighted by Crippen LogP contribution is 2.37. The molecule has 2 rings (SSSR count). The molecule has 2 amide bonds. The molecular weight excluding hydrogens is 365 g/mol. The Bertz CT molecular complexity index is 696. The molecule has 0 radical (unpaired) electrons. The van der Waals surface area contributed by atoms with Gasteiger partial charge < -0.3 is 9.47 Å². The molecule has 0 N–H and O–H groups in total. The van der Waals surface area contributed by atoms with Crippen LogP contribution in [0, 0.1) is 0 Å². The summed E-state index contributed by atoms with van der Waals surface area (Å²) in [5.41, 5.74) is 0.532. The lowest BCUT2D eigenvalue weighted by atomic mass is 10.2. The number of ether oxygens (including phenoxy) is 2. The first-order chi connectivity index (χ1) is 10.9. The van der Waals surface area contributed by atoms with E-state index in [1.807, 2.05) is 0 Å². The Morgan fingerprint density at radius 2 is 1.87 bits per heavy atom. The predicted molar refractivity (Wildman–Crippen MR) is 87.7 cm³/mol. The molecule has 0 aromatic heterocycles. The minimum Gasteiger partial charge on any atom is -0.494 e. The van der Waals surface area contributed by atoms with Gasteiger partial charge in [0.2, 0.25) is 0 Å². The maximum Gasteiger partial charge on any atom is 0.325 e. The molecule has 1 aliphatic rings. The number of methoxy groups -OCH3 is 2. The van der Waals surface area contributed by atoms with E-state index >= 15 is 0 Å². The molecule has 1 aliphatic heterocycles. The van der Waals surface area contributed by atoms with E-state index in [1.165, 1.54) is 20.3 Å². The van der Waals surface area contributed by atoms with Crippen molar-refractivity contribution in [2.45, 2.75) is 0 Å². The summed E-state index contributed by atoms with van der Waals surface area (Å²) >= 11 is 12.8. The highest BCUT2D eigenvalue weighted by Gasteiger charge is 2.36. The van der Waals surface area contributed by atoms with Gasteiger partial charge in [0.1, 0.15) is 6.54 Å². The average molecular weight is 376 g/mol. The summed E-state index contributed by atoms with van der Waals surface area (Å²) in [6.07, 6.45) is 1.47. The van der Waals surface area contributed by atoms with Gasteiger partial charge in [0.05, 0.1) is 29.2 Å². The Morgan fingerprint density at radius 3 is 2.39 bits per heavy atom. The van der Waals surface area contributed by atoms with Gasteiger partial charge in [-0.2, -0.15) is 0 Å². The molecule has 0 unspecified atom stereocenters. The summed E-state index contributed by atoms with van der Waals surface area (Å²) < 4.78 is 9.50. The third-order valence-corrected chi connectivity index (χ3v) is 4.38. The monoisotopic (exact) mass is 375 g/mol. The fraction of sp³-hybridized carbons (Fsp3) is 0.214. The van der Waals surface area contributed by atoms with Crippen LogP contribution < -0.4 is 4.74 Å². The summed E-state index contributed by atoms with van der Waals surface area (Å²) in [5, 5.41) is 0.0115. The third-order valence-electron chi connectivity index (χ3n) is 2.91. The molecule has 0 saturated carbocycles. The van der Waals surface area contributed by atoms with E-state index in [1.54, 1.807) is 12.1 Å². The van der Waals surface area contributed by atoms with Gasteiger partial charge in [-0.25, -0.2) is 0 Å². The highest BCUT2D eigenvalue weighted by atomic mass is 35.5. The summed E-state index contributed by atoms with van der Waals surface area (Å²) in [4.78, 5) is 36.2. The number of amides is 2. The fourth-order valence-corrected chi connectivity index (χ4v) is 3.34. The number of nitrogens with zero attached hydrogens (tertiary/aromatic N) is 1. The SMILES string of the molecule is COC(=O)CN1C(=O)S/C(=C\c2cc(Cl)c(OC)c(Cl)c2)C1=O. The van der Waals surface area contributed by atoms with E-state index < -0.39 is 23.7 Å². The van der Waals surface area contributed by atoms with E-state index in [2.05, 4.69) is 4.74 Å². The van der Waals surface area contributed by atoms with Gasteiger partial charge in [-0.05, 0) is 35.5 Å². The van der Waals surface area contributed by atoms with E-state index in [0.29, 0.717) is 11.3 Å². The van der Waals surface area contributed by atoms with Crippen LogP contribution in [-0.2, 0) is 14.3 Å². The van der Waals surface area contributed by atoms with Gasteiger partial charge in [-0.3, -0.25) is 19.3 Å². The number of halogens is 2. The van der Waals surface area contributed by atoms with Gasteiger partial charge >= 0.3 is 5.97 Å². The number of thioether (sulfide) groups is 1. The van der Waals surface area contributed by atoms with E-state index in [9.17, 15) is 14.4 Å². The van der Waals surface area contributed by atoms with Crippen molar-refractivity contribution in [1.29, 1.82) is 0 Å². The predicted octanol–water partition coefficient (Wildman–Crippen LogP) is 3.21. The van der Waals surface area contributed by atoms with Crippen LogP contribution in [0.5, 0.6) is 5.75 Å². The number of carbonyl (C=O) groups is 3. The molecule has 9 heteroatoms. The lowest BCUT2D eigenvalue weighted by Gasteiger charge is -2.10. The lowest BCUT2D eigenvalue weighted by molar-refractivity contribution is -0.143. The minimum absolute atomic E-state index is 0.163. The average Bonchev–Trinajstić information content (AvgIpc) is 2.74. The van der Waals surface area contributed by atoms with Crippen LogP contribution >= 0.6 is 35.0 Å². The lowest BCUT2D eigenvalue weighted by Crippen LogP contribution is -2.34. The normalized spacial score (nSPS) is 16.2. The largest absolute Gasteiger partial charge is 0.494 e. The molecule has 6 nitrogen and oxygen atoms in total. The maximum absolute atomic E-state index is 12.2. The zero-order chi connectivity index (χ0) is 17.1. The summed E-state index contributed by atoms with van der Waals surface area (Å²) in [5.74, 6) is -0.929. The van der Waals surface area contributed by atoms with Crippen LogP contribution in [0.15, 0.2) is 17.0 Å². The molecule has 0 aliphatic carbocycles. The van der Waals surface area contributed by atoms with Crippen molar-refractivity contribution >= 4 is 58.2 Å². The first kappa shape index (κ1) is 17.7. The van der Waals surface area contributed by atoms with Crippen LogP contribution in [0.25, 0.3) is 6.08 Å². The zero-order valence-electron chi connectivity index (χ0n) is 12.1. The van der Waals surface area contributed by atoms with Crippen molar-refractivity contribution in [3.63, 3.8) is 0 Å². The van der Waals surface area contributed by atoms with Crippen LogP contribution in [-0.4, -0.2) is 42.8 Å². The van der Waals surface area contributed by atoms with Crippen molar-refractivity contribution < 1.29 is 23.9 Å². The number of rotatable bonds is 4. The van der Waals surface area contributed by atoms with Crippen molar-refractivity contribution in [3.05, 3.63) is 32.6 Å². The van der Waals surface area contributed by atoms with Crippen LogP contribution in [0.3, 0.4) is 0 Å². The number of hydrogen-bond donors (Lipinski definition) is 0. The Kier molecular flexibility index (Phi) is 5.56. The molecule has 1 saturated heterocycles. The number of hydrogen-bond acceptors (Lipinski definition) is 6. The quantitative estimate of drug-likeness (QED) is 0.594. The van der Waals surface area contributed by atoms with E-state index in [4.69, 9.17) is 27.9 Å². The van der Waals surface area contributed by atoms with Crippen LogP contribution in [0.1, 0.15) is 5.56 Å². The molecule has 0 bridgehead atoms. The highest BCUT2D eigenvalue weighted by molar-refractivity contribution is 8.18. The van der Waals surface area contributed by atoms with E-state index in [0.717, 1.165) is 16.7 Å². The van der Waals surface area contributed by atoms with Crippen molar-refractivity contribution in [1.82, 2.24) is 4.90 Å². The maximum atomic E-state index is 12.2. The second-order valence-electron chi connectivity index (χ2n) is 4.36. The molecule has 1 aromatic carbocycles. The molecule has 0 atom stereocenters. The van der Waals surface area contributed by atoms with Gasteiger partial charge in [-0.1, -0.05) is 23.2 Å². The smallest absolute Gasteiger partial charge is 0.325 e. The fourth-order valence-electron chi connectivity index (χ4n) is 1.84. The third kappa shape index (κ3) is 3.80. The topological polar surface area (TPSA) is 72.9 Å². The Labute approximate surface area is 146 Å². The van der Waals surface area contributed by atoms with Gasteiger partial charge in [-0.15, -0.1) is 0 Å². The number of imide groups is 1. The zero-order valence-corrected chi connectivity index (χ0v) is 14.4. The number of esters is 1. The molecule has 0 spiro atoms. The van der Waals surface area contributed by atoms with Gasteiger partial charge in [0, 0.05) is 0 Å². The van der Waals surface area contributed by atoms with E-state index in [-0.39, 0.29) is 15.0 Å². The van der Waals surface area contributed by atoms with Crippen molar-refractivity contribution in [3.8, 4) is 5.75 Å². The second kappa shape index (κ2) is 7.25. The summed E-state index contributed by atoms with van der Waals surface area (Å²) in [6.45, 7) is -0.428. The molecule has 1 aromatic rings. The second-order valence-corrected chi connectivity index (χ2v) is 6.17. The number of carbonyl (C=O) groups excluding carboxylic acids is 3. The van der Waals surface area contributed by atoms with Gasteiger partial charge in [0.25, 0.3) is 11.1 Å². The summed E-state index contributed by atoms with van der Waals surface area (Å²) in [6, 6.07) is 3.11. The standard InChI is InChI=1S/C14H11Cl2NO5S/c1-21-11(18)6-17-13(19)10(23-14(17)20)5-7-3-8(15)12(22-2)9(16)4-7/h3-5H,6H2,1-2H3/b10-5-. The Morgan fingerprint density at radius 1 is 1.26 bits per heavy atom. The molecule has 23 heavy (non-hydrogen) atoms. The molecule has 122 valence electrons. The Balaban J connectivity index is 2.29. The van der Waals surface area contributed by atoms with Crippen LogP contribution in [0.2, 0.25) is 10.0 Å². The molecule has 1 heterocycles. The number of benzene rings is 1. The minimum atomic E-state index is -0.677. The molecular formula is C14H11Cl2NO5S. The first-order valence-corrected chi connectivity index (χ1v) is 7.79. The Hall–Kier alpha value is -1.70. The van der Waals surface area contributed by atoms with Crippen molar-refractivity contribution in [2.24, 2.45) is 0 Å².